The summed E-state index contributed by atoms with van der Waals surface area (Å²) >= 11 is 0. The monoisotopic (exact) mass is 332 g/mol. The molecule has 4 nitrogen and oxygen atoms in total. The number of aliphatic hydroxyl groups is 1. The molecule has 1 aromatic carbocycles. The van der Waals surface area contributed by atoms with E-state index < -0.39 is 11.6 Å². The molecule has 1 N–H and O–H groups in total. The van der Waals surface area contributed by atoms with Crippen LogP contribution in [0.1, 0.15) is 44.1 Å². The van der Waals surface area contributed by atoms with E-state index in [1.165, 1.54) is 6.42 Å². The molecular weight excluding hydrogens is 302 g/mol. The average Bonchev–Trinajstić information content (AvgIpc) is 3.22. The molecule has 0 amide bonds. The summed E-state index contributed by atoms with van der Waals surface area (Å²) in [6, 6.07) is 9.67. The summed E-state index contributed by atoms with van der Waals surface area (Å²) < 4.78 is 6.58. The lowest BCUT2D eigenvalue weighted by Crippen LogP contribution is -2.49. The van der Waals surface area contributed by atoms with Crippen LogP contribution in [0, 0.1) is 5.92 Å². The third-order valence-electron chi connectivity index (χ3n) is 6.14. The number of ether oxygens (including phenoxy) is 1. The predicted octanol–water partition coefficient (Wildman–Crippen LogP) is 2.85. The van der Waals surface area contributed by atoms with Crippen molar-refractivity contribution in [2.24, 2.45) is 5.92 Å². The zero-order valence-electron chi connectivity index (χ0n) is 14.9. The molecule has 1 heterocycles. The van der Waals surface area contributed by atoms with Gasteiger partial charge in [0.15, 0.2) is 5.60 Å². The molecule has 0 bridgehead atoms. The van der Waals surface area contributed by atoms with Crippen LogP contribution >= 0.6 is 0 Å². The van der Waals surface area contributed by atoms with Gasteiger partial charge in [-0.05, 0) is 18.4 Å². The molecule has 0 spiro atoms. The van der Waals surface area contributed by atoms with Gasteiger partial charge in [0.1, 0.15) is 12.6 Å². The number of carbonyl (C=O) groups excluding carboxylic acids is 1. The van der Waals surface area contributed by atoms with Crippen molar-refractivity contribution >= 4 is 5.97 Å². The molecule has 4 heteroatoms. The molecule has 0 aromatic heterocycles. The fourth-order valence-corrected chi connectivity index (χ4v) is 4.39. The Kier molecular flexibility index (Phi) is 4.97. The Balaban J connectivity index is 1.77. The number of hydrogen-bond donors (Lipinski definition) is 1. The second kappa shape index (κ2) is 6.85. The first-order valence-corrected chi connectivity index (χ1v) is 9.22. The summed E-state index contributed by atoms with van der Waals surface area (Å²) in [6.07, 6.45) is 6.14. The molecule has 1 saturated heterocycles. The lowest BCUT2D eigenvalue weighted by molar-refractivity contribution is -0.902. The molecule has 2 aliphatic rings. The minimum absolute atomic E-state index is 0.0431. The quantitative estimate of drug-likeness (QED) is 0.666. The van der Waals surface area contributed by atoms with Gasteiger partial charge in [-0.15, -0.1) is 0 Å². The van der Waals surface area contributed by atoms with Gasteiger partial charge in [-0.1, -0.05) is 43.2 Å². The summed E-state index contributed by atoms with van der Waals surface area (Å²) in [6.45, 7) is 1.52. The van der Waals surface area contributed by atoms with Crippen LogP contribution in [0.5, 0.6) is 0 Å². The van der Waals surface area contributed by atoms with Gasteiger partial charge >= 0.3 is 5.97 Å². The largest absolute Gasteiger partial charge is 0.457 e. The molecule has 24 heavy (non-hydrogen) atoms. The van der Waals surface area contributed by atoms with Gasteiger partial charge in [0.05, 0.1) is 20.6 Å². The zero-order chi connectivity index (χ0) is 17.2. The van der Waals surface area contributed by atoms with Crippen LogP contribution < -0.4 is 0 Å². The number of rotatable bonds is 5. The Hall–Kier alpha value is -1.39. The number of quaternary nitrogens is 1. The lowest BCUT2D eigenvalue weighted by Gasteiger charge is -2.34. The van der Waals surface area contributed by atoms with Gasteiger partial charge in [0.25, 0.3) is 0 Å². The Bertz CT molecular complexity index is 566. The molecule has 2 atom stereocenters. The summed E-state index contributed by atoms with van der Waals surface area (Å²) in [4.78, 5) is 12.9. The highest BCUT2D eigenvalue weighted by Gasteiger charge is 2.48. The number of hydrogen-bond acceptors (Lipinski definition) is 3. The molecule has 1 aliphatic carbocycles. The molecule has 132 valence electrons. The van der Waals surface area contributed by atoms with E-state index in [0.29, 0.717) is 18.2 Å². The smallest absolute Gasteiger partial charge is 0.343 e. The summed E-state index contributed by atoms with van der Waals surface area (Å²) in [5, 5.41) is 11.4. The SMILES string of the molecule is C[N+]1(C)CCC[C@H]1COC(=O)[C@@](O)(c1ccccc1)C1CCCC1. The van der Waals surface area contributed by atoms with Crippen molar-refractivity contribution < 1.29 is 19.1 Å². The van der Waals surface area contributed by atoms with Gasteiger partial charge in [0, 0.05) is 18.8 Å². The molecule has 1 saturated carbocycles. The second-order valence-corrected chi connectivity index (χ2v) is 8.01. The molecule has 1 aromatic rings. The van der Waals surface area contributed by atoms with E-state index in [0.717, 1.165) is 43.1 Å². The minimum Gasteiger partial charge on any atom is -0.457 e. The number of likely N-dealkylation sites (N-methyl/N-ethyl adjacent to an activating group) is 1. The van der Waals surface area contributed by atoms with Crippen LogP contribution in [0.4, 0.5) is 0 Å². The van der Waals surface area contributed by atoms with E-state index in [1.807, 2.05) is 30.3 Å². The minimum atomic E-state index is -1.51. The van der Waals surface area contributed by atoms with E-state index in [9.17, 15) is 9.90 Å². The van der Waals surface area contributed by atoms with Gasteiger partial charge in [-0.2, -0.15) is 0 Å². The summed E-state index contributed by atoms with van der Waals surface area (Å²) in [5.74, 6) is -0.508. The van der Waals surface area contributed by atoms with E-state index in [2.05, 4.69) is 14.1 Å². The van der Waals surface area contributed by atoms with Gasteiger partial charge < -0.3 is 14.3 Å². The Morgan fingerprint density at radius 3 is 2.42 bits per heavy atom. The first kappa shape index (κ1) is 17.4. The number of likely N-dealkylation sites (tertiary alicyclic amines) is 1. The van der Waals surface area contributed by atoms with Gasteiger partial charge in [-0.25, -0.2) is 4.79 Å². The highest BCUT2D eigenvalue weighted by molar-refractivity contribution is 5.81. The normalized spacial score (nSPS) is 26.2. The third kappa shape index (κ3) is 3.22. The van der Waals surface area contributed by atoms with E-state index in [1.54, 1.807) is 0 Å². The van der Waals surface area contributed by atoms with Crippen LogP contribution in [0.25, 0.3) is 0 Å². The van der Waals surface area contributed by atoms with Gasteiger partial charge in [-0.3, -0.25) is 0 Å². The maximum absolute atomic E-state index is 12.9. The van der Waals surface area contributed by atoms with Crippen molar-refractivity contribution in [3.63, 3.8) is 0 Å². The molecule has 3 rings (SSSR count). The first-order valence-electron chi connectivity index (χ1n) is 9.22. The van der Waals surface area contributed by atoms with Crippen molar-refractivity contribution in [3.05, 3.63) is 35.9 Å². The van der Waals surface area contributed by atoms with E-state index in [-0.39, 0.29) is 5.92 Å². The van der Waals surface area contributed by atoms with Crippen LogP contribution in [0.2, 0.25) is 0 Å². The topological polar surface area (TPSA) is 46.5 Å². The highest BCUT2D eigenvalue weighted by Crippen LogP contribution is 2.41. The van der Waals surface area contributed by atoms with Crippen LogP contribution in [-0.4, -0.2) is 48.8 Å². The third-order valence-corrected chi connectivity index (χ3v) is 6.14. The molecule has 2 fully saturated rings. The fraction of sp³-hybridized carbons (Fsp3) is 0.650. The van der Waals surface area contributed by atoms with Crippen molar-refractivity contribution in [3.8, 4) is 0 Å². The highest BCUT2D eigenvalue weighted by atomic mass is 16.6. The number of carbonyl (C=O) groups is 1. The number of esters is 1. The average molecular weight is 332 g/mol. The van der Waals surface area contributed by atoms with E-state index in [4.69, 9.17) is 4.74 Å². The van der Waals surface area contributed by atoms with Gasteiger partial charge in [0.2, 0.25) is 0 Å². The number of nitrogens with zero attached hydrogens (tertiary/aromatic N) is 1. The van der Waals surface area contributed by atoms with Crippen LogP contribution in [0.15, 0.2) is 30.3 Å². The van der Waals surface area contributed by atoms with Crippen molar-refractivity contribution in [1.82, 2.24) is 0 Å². The zero-order valence-corrected chi connectivity index (χ0v) is 14.9. The Morgan fingerprint density at radius 1 is 1.17 bits per heavy atom. The fourth-order valence-electron chi connectivity index (χ4n) is 4.39. The maximum atomic E-state index is 12.9. The van der Waals surface area contributed by atoms with Crippen LogP contribution in [0.3, 0.4) is 0 Å². The van der Waals surface area contributed by atoms with Crippen molar-refractivity contribution in [2.45, 2.75) is 50.2 Å². The molecular formula is C20H30NO3+. The maximum Gasteiger partial charge on any atom is 0.343 e. The van der Waals surface area contributed by atoms with Crippen molar-refractivity contribution in [2.75, 3.05) is 27.2 Å². The Labute approximate surface area is 145 Å². The standard InChI is InChI=1S/C20H30NO3/c1-21(2)14-8-13-18(21)15-24-19(22)20(23,17-11-6-7-12-17)16-9-4-3-5-10-16/h3-5,9-10,17-18,23H,6-8,11-15H2,1-2H3/q+1/t18-,20+/m0/s1. The second-order valence-electron chi connectivity index (χ2n) is 8.01. The van der Waals surface area contributed by atoms with Crippen molar-refractivity contribution in [1.29, 1.82) is 0 Å². The molecule has 0 radical (unpaired) electrons. The number of benzene rings is 1. The summed E-state index contributed by atoms with van der Waals surface area (Å²) in [5.41, 5.74) is -0.838. The molecule has 1 aliphatic heterocycles. The Morgan fingerprint density at radius 2 is 1.83 bits per heavy atom. The van der Waals surface area contributed by atoms with E-state index >= 15 is 0 Å². The summed E-state index contributed by atoms with van der Waals surface area (Å²) in [7, 11) is 4.37. The first-order chi connectivity index (χ1) is 11.4. The predicted molar refractivity (Wildman–Crippen MR) is 93.3 cm³/mol. The molecule has 0 unspecified atom stereocenters. The lowest BCUT2D eigenvalue weighted by atomic mass is 9.80. The van der Waals surface area contributed by atoms with Crippen LogP contribution in [-0.2, 0) is 15.1 Å².